The van der Waals surface area contributed by atoms with Gasteiger partial charge in [-0.25, -0.2) is 9.59 Å². The third-order valence-electron chi connectivity index (χ3n) is 4.79. The Kier molecular flexibility index (Phi) is 6.47. The fourth-order valence-corrected chi connectivity index (χ4v) is 3.20. The second kappa shape index (κ2) is 9.97. The Labute approximate surface area is 197 Å². The monoisotopic (exact) mass is 440 g/mol. The van der Waals surface area contributed by atoms with E-state index in [1.165, 1.54) is 14.2 Å². The number of methoxy groups -OCH3 is 2. The lowest BCUT2D eigenvalue weighted by molar-refractivity contribution is 0.0592. The fourth-order valence-electron chi connectivity index (χ4n) is 3.20. The molecule has 160 valence electrons. The van der Waals surface area contributed by atoms with Gasteiger partial charge >= 0.3 is 11.9 Å². The van der Waals surface area contributed by atoms with Crippen molar-refractivity contribution in [2.75, 3.05) is 14.2 Å². The van der Waals surface area contributed by atoms with Gasteiger partial charge in [-0.05, 0) is 60.4 Å². The summed E-state index contributed by atoms with van der Waals surface area (Å²) in [6, 6.07) is 17.6. The normalized spacial score (nSPS) is 10.3. The molecule has 0 atom stereocenters. The van der Waals surface area contributed by atoms with Gasteiger partial charge < -0.3 is 9.47 Å². The molecule has 4 rings (SSSR count). The lowest BCUT2D eigenvalue weighted by atomic mass is 10.0. The number of benzene rings is 3. The number of fused-ring (bicyclic) bond motifs is 5. The molecule has 3 aromatic rings. The van der Waals surface area contributed by atoms with Crippen LogP contribution in [0, 0.1) is 47.4 Å². The first-order valence-corrected chi connectivity index (χ1v) is 10.2. The molecule has 0 heterocycles. The molecule has 4 nitrogen and oxygen atoms in total. The molecule has 0 amide bonds. The molecule has 0 aliphatic heterocycles. The predicted octanol–water partition coefficient (Wildman–Crippen LogP) is 3.78. The van der Waals surface area contributed by atoms with Crippen LogP contribution in [-0.4, -0.2) is 26.2 Å². The third-order valence-corrected chi connectivity index (χ3v) is 4.79. The maximum Gasteiger partial charge on any atom is 0.337 e. The minimum absolute atomic E-state index is 0.344. The highest BCUT2D eigenvalue weighted by molar-refractivity contribution is 5.91. The van der Waals surface area contributed by atoms with Crippen LogP contribution in [0.3, 0.4) is 0 Å². The number of carbonyl (C=O) groups is 2. The van der Waals surface area contributed by atoms with Crippen LogP contribution in [0.4, 0.5) is 0 Å². The van der Waals surface area contributed by atoms with E-state index in [9.17, 15) is 9.59 Å². The van der Waals surface area contributed by atoms with Crippen LogP contribution in [0.25, 0.3) is 0 Å². The van der Waals surface area contributed by atoms with Crippen molar-refractivity contribution in [3.05, 3.63) is 105 Å². The molecule has 4 heteroatoms. The SMILES string of the molecule is COC(=O)c1cc2cc(c1)C#Cc1ccccc1C#Cc1cc(cc(C(=O)OC)c1)C#CC#C2. The minimum atomic E-state index is -0.481. The number of esters is 2. The van der Waals surface area contributed by atoms with Gasteiger partial charge in [0.25, 0.3) is 0 Å². The van der Waals surface area contributed by atoms with Crippen LogP contribution >= 0.6 is 0 Å². The molecule has 0 unspecified atom stereocenters. The van der Waals surface area contributed by atoms with E-state index in [0.29, 0.717) is 33.4 Å². The van der Waals surface area contributed by atoms with Gasteiger partial charge in [0.05, 0.1) is 25.3 Å². The first-order chi connectivity index (χ1) is 16.6. The van der Waals surface area contributed by atoms with Crippen LogP contribution in [0.5, 0.6) is 0 Å². The quantitative estimate of drug-likeness (QED) is 0.450. The van der Waals surface area contributed by atoms with Crippen molar-refractivity contribution in [2.45, 2.75) is 0 Å². The van der Waals surface area contributed by atoms with Crippen molar-refractivity contribution in [3.8, 4) is 47.4 Å². The Hall–Kier alpha value is -5.16. The fraction of sp³-hybridized carbons (Fsp3) is 0.0667. The molecule has 0 N–H and O–H groups in total. The lowest BCUT2D eigenvalue weighted by Crippen LogP contribution is -2.02. The Morgan fingerprint density at radius 2 is 0.941 bits per heavy atom. The summed E-state index contributed by atoms with van der Waals surface area (Å²) in [5.41, 5.74) is 4.51. The second-order valence-electron chi connectivity index (χ2n) is 7.13. The number of ether oxygens (including phenoxy) is 2. The molecule has 0 aromatic heterocycles. The summed E-state index contributed by atoms with van der Waals surface area (Å²) in [5, 5.41) is 0. The zero-order valence-electron chi connectivity index (χ0n) is 18.4. The van der Waals surface area contributed by atoms with E-state index in [-0.39, 0.29) is 0 Å². The Bertz CT molecular complexity index is 1460. The molecule has 0 saturated heterocycles. The third kappa shape index (κ3) is 5.18. The van der Waals surface area contributed by atoms with Crippen molar-refractivity contribution in [1.29, 1.82) is 0 Å². The predicted molar refractivity (Wildman–Crippen MR) is 128 cm³/mol. The summed E-state index contributed by atoms with van der Waals surface area (Å²) in [6.07, 6.45) is 0. The highest BCUT2D eigenvalue weighted by atomic mass is 16.5. The zero-order chi connectivity index (χ0) is 23.9. The largest absolute Gasteiger partial charge is 0.465 e. The van der Waals surface area contributed by atoms with E-state index < -0.39 is 11.9 Å². The van der Waals surface area contributed by atoms with Gasteiger partial charge in [0, 0.05) is 33.4 Å². The Morgan fingerprint density at radius 3 is 1.32 bits per heavy atom. The molecule has 0 saturated carbocycles. The molecule has 34 heavy (non-hydrogen) atoms. The van der Waals surface area contributed by atoms with Crippen LogP contribution < -0.4 is 0 Å². The van der Waals surface area contributed by atoms with E-state index in [1.807, 2.05) is 24.3 Å². The summed E-state index contributed by atoms with van der Waals surface area (Å²) in [5.74, 6) is 22.9. The van der Waals surface area contributed by atoms with Crippen molar-refractivity contribution < 1.29 is 19.1 Å². The van der Waals surface area contributed by atoms with Crippen LogP contribution in [0.2, 0.25) is 0 Å². The molecular weight excluding hydrogens is 424 g/mol. The van der Waals surface area contributed by atoms with Crippen molar-refractivity contribution >= 4 is 11.9 Å². The Morgan fingerprint density at radius 1 is 0.559 bits per heavy atom. The van der Waals surface area contributed by atoms with Gasteiger partial charge in [-0.15, -0.1) is 0 Å². The van der Waals surface area contributed by atoms with E-state index >= 15 is 0 Å². The summed E-state index contributed by atoms with van der Waals surface area (Å²) < 4.78 is 9.71. The second-order valence-corrected chi connectivity index (χ2v) is 7.13. The van der Waals surface area contributed by atoms with Crippen molar-refractivity contribution in [2.24, 2.45) is 0 Å². The van der Waals surface area contributed by atoms with Gasteiger partial charge in [0.1, 0.15) is 0 Å². The lowest BCUT2D eigenvalue weighted by Gasteiger charge is -2.02. The van der Waals surface area contributed by atoms with Crippen LogP contribution in [0.1, 0.15) is 54.1 Å². The molecule has 0 spiro atoms. The van der Waals surface area contributed by atoms with Crippen molar-refractivity contribution in [3.63, 3.8) is 0 Å². The summed E-state index contributed by atoms with van der Waals surface area (Å²) in [7, 11) is 2.64. The maximum atomic E-state index is 12.1. The molecule has 3 aromatic carbocycles. The molecule has 1 aliphatic carbocycles. The van der Waals surface area contributed by atoms with Crippen molar-refractivity contribution in [1.82, 2.24) is 0 Å². The smallest absolute Gasteiger partial charge is 0.337 e. The molecule has 0 fully saturated rings. The topological polar surface area (TPSA) is 52.6 Å². The van der Waals surface area contributed by atoms with Gasteiger partial charge in [-0.2, -0.15) is 0 Å². The van der Waals surface area contributed by atoms with Gasteiger partial charge in [0.15, 0.2) is 0 Å². The van der Waals surface area contributed by atoms with E-state index in [0.717, 1.165) is 11.1 Å². The molecule has 0 radical (unpaired) electrons. The average Bonchev–Trinajstić information content (AvgIpc) is 2.87. The summed E-state index contributed by atoms with van der Waals surface area (Å²) in [4.78, 5) is 24.2. The standard InChI is InChI=1S/C30H16O4/c1-33-29(31)27-17-21-7-3-4-8-22-16-24(20-28(18-22)30(32)34-2)12-14-26-10-6-5-9-25(26)13-11-23(15-21)19-27/h5-6,9-10,15-20H,1-2H3. The maximum absolute atomic E-state index is 12.1. The minimum Gasteiger partial charge on any atom is -0.465 e. The number of hydrogen-bond acceptors (Lipinski definition) is 4. The molecule has 1 aliphatic rings. The zero-order valence-corrected chi connectivity index (χ0v) is 18.4. The Balaban J connectivity index is 1.95. The van der Waals surface area contributed by atoms with Gasteiger partial charge in [-0.1, -0.05) is 47.7 Å². The van der Waals surface area contributed by atoms with Crippen LogP contribution in [-0.2, 0) is 9.47 Å². The number of rotatable bonds is 2. The number of carbonyl (C=O) groups excluding carboxylic acids is 2. The van der Waals surface area contributed by atoms with Gasteiger partial charge in [-0.3, -0.25) is 0 Å². The first kappa shape index (κ1) is 22.0. The summed E-state index contributed by atoms with van der Waals surface area (Å²) >= 11 is 0. The molecule has 4 bridgehead atoms. The molecular formula is C30H16O4. The van der Waals surface area contributed by atoms with Crippen LogP contribution in [0.15, 0.2) is 60.7 Å². The van der Waals surface area contributed by atoms with E-state index in [4.69, 9.17) is 9.47 Å². The summed E-state index contributed by atoms with van der Waals surface area (Å²) in [6.45, 7) is 0. The number of hydrogen-bond donors (Lipinski definition) is 0. The highest BCUT2D eigenvalue weighted by Gasteiger charge is 2.09. The van der Waals surface area contributed by atoms with E-state index in [2.05, 4.69) is 47.4 Å². The first-order valence-electron chi connectivity index (χ1n) is 10.2. The van der Waals surface area contributed by atoms with E-state index in [1.54, 1.807) is 36.4 Å². The highest BCUT2D eigenvalue weighted by Crippen LogP contribution is 2.14. The average molecular weight is 440 g/mol. The van der Waals surface area contributed by atoms with Gasteiger partial charge in [0.2, 0.25) is 0 Å².